The van der Waals surface area contributed by atoms with Crippen LogP contribution in [0.3, 0.4) is 0 Å². The van der Waals surface area contributed by atoms with E-state index in [2.05, 4.69) is 11.9 Å². The number of halogens is 1. The summed E-state index contributed by atoms with van der Waals surface area (Å²) in [5, 5.41) is 2.67. The fourth-order valence-corrected chi connectivity index (χ4v) is 3.30. The summed E-state index contributed by atoms with van der Waals surface area (Å²) in [5.74, 6) is -0.834. The Morgan fingerprint density at radius 1 is 1.15 bits per heavy atom. The van der Waals surface area contributed by atoms with E-state index >= 15 is 0 Å². The molecule has 7 nitrogen and oxygen atoms in total. The number of hydrogen-bond acceptors (Lipinski definition) is 4. The number of piperazine rings is 1. The fraction of sp³-hybridized carbons (Fsp3) is 0.421. The second-order valence-electron chi connectivity index (χ2n) is 6.80. The van der Waals surface area contributed by atoms with Crippen molar-refractivity contribution in [3.05, 3.63) is 42.7 Å². The van der Waals surface area contributed by atoms with E-state index in [1.165, 1.54) is 18.2 Å². The Balaban J connectivity index is 1.40. The standard InChI is InChI=1S/C19H23FN4O3/c1-2-18(26)24-11-14(12-24)19(27)23-8-6-22(7-9-23)13-17(25)21-16-5-3-4-15(20)10-16/h2-5,10,14H,1,6-9,11-13H2,(H,21,25). The molecule has 2 aliphatic heterocycles. The molecule has 0 spiro atoms. The minimum atomic E-state index is -0.399. The average Bonchev–Trinajstić information content (AvgIpc) is 2.60. The quantitative estimate of drug-likeness (QED) is 0.764. The molecule has 0 unspecified atom stereocenters. The number of carbonyl (C=O) groups is 3. The van der Waals surface area contributed by atoms with Crippen molar-refractivity contribution in [3.63, 3.8) is 0 Å². The van der Waals surface area contributed by atoms with Crippen LogP contribution in [0.5, 0.6) is 0 Å². The van der Waals surface area contributed by atoms with E-state index in [0.717, 1.165) is 0 Å². The Morgan fingerprint density at radius 2 is 1.85 bits per heavy atom. The predicted octanol–water partition coefficient (Wildman–Crippen LogP) is 0.553. The summed E-state index contributed by atoms with van der Waals surface area (Å²) in [7, 11) is 0. The molecule has 1 aromatic rings. The zero-order valence-corrected chi connectivity index (χ0v) is 15.1. The first-order valence-electron chi connectivity index (χ1n) is 8.94. The van der Waals surface area contributed by atoms with Crippen molar-refractivity contribution in [2.45, 2.75) is 0 Å². The van der Waals surface area contributed by atoms with Crippen LogP contribution in [0.15, 0.2) is 36.9 Å². The van der Waals surface area contributed by atoms with Crippen LogP contribution in [0.25, 0.3) is 0 Å². The van der Waals surface area contributed by atoms with E-state index in [1.807, 2.05) is 4.90 Å². The highest BCUT2D eigenvalue weighted by molar-refractivity contribution is 5.92. The van der Waals surface area contributed by atoms with Crippen molar-refractivity contribution < 1.29 is 18.8 Å². The number of likely N-dealkylation sites (tertiary alicyclic amines) is 1. The highest BCUT2D eigenvalue weighted by atomic mass is 19.1. The Bertz CT molecular complexity index is 740. The molecule has 8 heteroatoms. The van der Waals surface area contributed by atoms with Crippen molar-refractivity contribution in [1.29, 1.82) is 0 Å². The maximum atomic E-state index is 13.2. The number of hydrogen-bond donors (Lipinski definition) is 1. The second-order valence-corrected chi connectivity index (χ2v) is 6.80. The summed E-state index contributed by atoms with van der Waals surface area (Å²) < 4.78 is 13.2. The molecule has 0 aromatic heterocycles. The lowest BCUT2D eigenvalue weighted by Gasteiger charge is -2.42. The van der Waals surface area contributed by atoms with Crippen molar-refractivity contribution in [1.82, 2.24) is 14.7 Å². The van der Waals surface area contributed by atoms with Crippen molar-refractivity contribution in [2.24, 2.45) is 5.92 Å². The SMILES string of the molecule is C=CC(=O)N1CC(C(=O)N2CCN(CC(=O)Nc3cccc(F)c3)CC2)C1. The number of rotatable bonds is 5. The largest absolute Gasteiger partial charge is 0.340 e. The summed E-state index contributed by atoms with van der Waals surface area (Å²) in [6, 6.07) is 5.77. The monoisotopic (exact) mass is 374 g/mol. The molecule has 0 saturated carbocycles. The molecule has 3 amide bonds. The Labute approximate surface area is 157 Å². The van der Waals surface area contributed by atoms with Crippen LogP contribution < -0.4 is 5.32 Å². The van der Waals surface area contributed by atoms with Crippen LogP contribution in [0.2, 0.25) is 0 Å². The molecule has 3 rings (SSSR count). The van der Waals surface area contributed by atoms with Crippen LogP contribution >= 0.6 is 0 Å². The molecule has 2 fully saturated rings. The van der Waals surface area contributed by atoms with Gasteiger partial charge in [-0.05, 0) is 24.3 Å². The Hall–Kier alpha value is -2.74. The average molecular weight is 374 g/mol. The molecule has 0 bridgehead atoms. The summed E-state index contributed by atoms with van der Waals surface area (Å²) >= 11 is 0. The summed E-state index contributed by atoms with van der Waals surface area (Å²) in [6.07, 6.45) is 1.26. The first-order chi connectivity index (χ1) is 13.0. The third kappa shape index (κ3) is 4.71. The third-order valence-electron chi connectivity index (χ3n) is 4.88. The van der Waals surface area contributed by atoms with Gasteiger partial charge in [-0.15, -0.1) is 0 Å². The summed E-state index contributed by atoms with van der Waals surface area (Å²) in [5.41, 5.74) is 0.428. The topological polar surface area (TPSA) is 73.0 Å². The maximum Gasteiger partial charge on any atom is 0.246 e. The molecule has 2 heterocycles. The van der Waals surface area contributed by atoms with Gasteiger partial charge < -0.3 is 15.1 Å². The number of nitrogens with one attached hydrogen (secondary N) is 1. The summed E-state index contributed by atoms with van der Waals surface area (Å²) in [6.45, 7) is 6.84. The van der Waals surface area contributed by atoms with Gasteiger partial charge in [0.05, 0.1) is 12.5 Å². The van der Waals surface area contributed by atoms with Crippen molar-refractivity contribution in [3.8, 4) is 0 Å². The van der Waals surface area contributed by atoms with Gasteiger partial charge >= 0.3 is 0 Å². The molecule has 27 heavy (non-hydrogen) atoms. The molecule has 2 aliphatic rings. The summed E-state index contributed by atoms with van der Waals surface area (Å²) in [4.78, 5) is 41.4. The molecule has 1 N–H and O–H groups in total. The highest BCUT2D eigenvalue weighted by Crippen LogP contribution is 2.19. The zero-order valence-electron chi connectivity index (χ0n) is 15.1. The van der Waals surface area contributed by atoms with Gasteiger partial charge in [0.25, 0.3) is 0 Å². The lowest BCUT2D eigenvalue weighted by molar-refractivity contribution is -0.147. The van der Waals surface area contributed by atoms with E-state index in [9.17, 15) is 18.8 Å². The number of anilines is 1. The van der Waals surface area contributed by atoms with Crippen LogP contribution in [0, 0.1) is 11.7 Å². The fourth-order valence-electron chi connectivity index (χ4n) is 3.30. The first kappa shape index (κ1) is 19.0. The maximum absolute atomic E-state index is 13.2. The van der Waals surface area contributed by atoms with E-state index in [-0.39, 0.29) is 30.2 Å². The number of carbonyl (C=O) groups excluding carboxylic acids is 3. The van der Waals surface area contributed by atoms with Crippen molar-refractivity contribution in [2.75, 3.05) is 51.1 Å². The van der Waals surface area contributed by atoms with Gasteiger partial charge in [-0.2, -0.15) is 0 Å². The van der Waals surface area contributed by atoms with Gasteiger partial charge in [0.2, 0.25) is 17.7 Å². The van der Waals surface area contributed by atoms with Crippen LogP contribution in [-0.4, -0.2) is 78.2 Å². The molecule has 0 atom stereocenters. The normalized spacial score (nSPS) is 18.0. The van der Waals surface area contributed by atoms with Gasteiger partial charge in [-0.25, -0.2) is 4.39 Å². The molecule has 0 radical (unpaired) electrons. The van der Waals surface area contributed by atoms with E-state index < -0.39 is 5.82 Å². The van der Waals surface area contributed by atoms with Crippen LogP contribution in [0.4, 0.5) is 10.1 Å². The van der Waals surface area contributed by atoms with Gasteiger partial charge in [-0.1, -0.05) is 12.6 Å². The molecular formula is C19H23FN4O3. The van der Waals surface area contributed by atoms with Gasteiger partial charge in [0.15, 0.2) is 0 Å². The minimum absolute atomic E-state index is 0.0620. The van der Waals surface area contributed by atoms with Gasteiger partial charge in [0.1, 0.15) is 5.82 Å². The molecule has 2 saturated heterocycles. The van der Waals surface area contributed by atoms with Gasteiger partial charge in [-0.3, -0.25) is 19.3 Å². The van der Waals surface area contributed by atoms with Crippen LogP contribution in [-0.2, 0) is 14.4 Å². The van der Waals surface area contributed by atoms with Crippen LogP contribution in [0.1, 0.15) is 0 Å². The predicted molar refractivity (Wildman–Crippen MR) is 98.3 cm³/mol. The third-order valence-corrected chi connectivity index (χ3v) is 4.88. The van der Waals surface area contributed by atoms with Gasteiger partial charge in [0, 0.05) is 45.0 Å². The first-order valence-corrected chi connectivity index (χ1v) is 8.94. The van der Waals surface area contributed by atoms with E-state index in [4.69, 9.17) is 0 Å². The Morgan fingerprint density at radius 3 is 2.48 bits per heavy atom. The number of benzene rings is 1. The van der Waals surface area contributed by atoms with E-state index in [0.29, 0.717) is 45.0 Å². The number of amides is 3. The molecule has 0 aliphatic carbocycles. The molecule has 1 aromatic carbocycles. The smallest absolute Gasteiger partial charge is 0.246 e. The lowest BCUT2D eigenvalue weighted by Crippen LogP contribution is -2.59. The zero-order chi connectivity index (χ0) is 19.4. The lowest BCUT2D eigenvalue weighted by atomic mass is 9.98. The van der Waals surface area contributed by atoms with Crippen molar-refractivity contribution >= 4 is 23.4 Å². The molecular weight excluding hydrogens is 351 g/mol. The minimum Gasteiger partial charge on any atom is -0.340 e. The number of nitrogens with zero attached hydrogens (tertiary/aromatic N) is 3. The Kier molecular flexibility index (Phi) is 5.85. The second kappa shape index (κ2) is 8.30. The molecule has 144 valence electrons. The van der Waals surface area contributed by atoms with E-state index in [1.54, 1.807) is 21.9 Å². The highest BCUT2D eigenvalue weighted by Gasteiger charge is 2.37.